The molecule has 3 N–H and O–H groups in total. The molecule has 4 heterocycles. The van der Waals surface area contributed by atoms with Crippen LogP contribution < -0.4 is 20.7 Å². The Morgan fingerprint density at radius 1 is 1.26 bits per heavy atom. The number of nitrogens with zero attached hydrogens (tertiary/aromatic N) is 4. The molecule has 198 valence electrons. The highest BCUT2D eigenvalue weighted by atomic mass is 19.1. The number of fused-ring (bicyclic) bond motifs is 1. The largest absolute Gasteiger partial charge is 0.492 e. The highest BCUT2D eigenvalue weighted by Gasteiger charge is 2.24. The van der Waals surface area contributed by atoms with Gasteiger partial charge >= 0.3 is 0 Å². The fourth-order valence-electron chi connectivity index (χ4n) is 4.53. The number of nitrogens with one attached hydrogen (secondary N) is 3. The number of morpholine rings is 1. The van der Waals surface area contributed by atoms with Crippen molar-refractivity contribution in [1.82, 2.24) is 24.8 Å². The number of hydrogen-bond acceptors (Lipinski definition) is 8. The van der Waals surface area contributed by atoms with E-state index < -0.39 is 5.82 Å². The average molecular weight is 520 g/mol. The molecule has 6 rings (SSSR count). The van der Waals surface area contributed by atoms with Crippen LogP contribution in [0.15, 0.2) is 48.3 Å². The number of rotatable bonds is 9. The number of carbonyl (C=O) groups excluding carboxylic acids is 1. The predicted molar refractivity (Wildman–Crippen MR) is 142 cm³/mol. The van der Waals surface area contributed by atoms with Gasteiger partial charge in [0.1, 0.15) is 29.8 Å². The van der Waals surface area contributed by atoms with Gasteiger partial charge in [0, 0.05) is 49.1 Å². The summed E-state index contributed by atoms with van der Waals surface area (Å²) < 4.78 is 27.9. The van der Waals surface area contributed by atoms with Gasteiger partial charge in [-0.25, -0.2) is 9.37 Å². The zero-order valence-corrected chi connectivity index (χ0v) is 21.0. The van der Waals surface area contributed by atoms with Crippen LogP contribution in [-0.4, -0.2) is 70.9 Å². The van der Waals surface area contributed by atoms with E-state index in [1.807, 2.05) is 12.1 Å². The van der Waals surface area contributed by atoms with Crippen molar-refractivity contribution in [3.8, 4) is 5.75 Å². The minimum atomic E-state index is -0.435. The van der Waals surface area contributed by atoms with E-state index in [2.05, 4.69) is 32.5 Å². The minimum absolute atomic E-state index is 0.0897. The van der Waals surface area contributed by atoms with Gasteiger partial charge in [-0.1, -0.05) is 6.58 Å². The molecule has 2 aromatic heterocycles. The molecular weight excluding hydrogens is 489 g/mol. The molecule has 1 aromatic carbocycles. The van der Waals surface area contributed by atoms with Gasteiger partial charge in [-0.15, -0.1) is 0 Å². The van der Waals surface area contributed by atoms with E-state index in [0.29, 0.717) is 35.6 Å². The zero-order chi connectivity index (χ0) is 26.1. The minimum Gasteiger partial charge on any atom is -0.492 e. The van der Waals surface area contributed by atoms with E-state index in [-0.39, 0.29) is 18.0 Å². The maximum absolute atomic E-state index is 15.0. The molecule has 11 heteroatoms. The smallest absolute Gasteiger partial charge is 0.228 e. The third kappa shape index (κ3) is 5.48. The molecule has 2 saturated heterocycles. The summed E-state index contributed by atoms with van der Waals surface area (Å²) in [6.07, 6.45) is 5.99. The Morgan fingerprint density at radius 2 is 2.11 bits per heavy atom. The SMILES string of the molecule is C=C1NC(=O)C/C1=C\c1cnn2c(NC3CC3)cc(Nc3ccc(OCCN4CCOCC4)cc3F)nc12. The quantitative estimate of drug-likeness (QED) is 0.396. The molecule has 38 heavy (non-hydrogen) atoms. The zero-order valence-electron chi connectivity index (χ0n) is 21.0. The lowest BCUT2D eigenvalue weighted by Gasteiger charge is -2.26. The van der Waals surface area contributed by atoms with E-state index in [1.54, 1.807) is 22.8 Å². The lowest BCUT2D eigenvalue weighted by molar-refractivity contribution is -0.118. The highest BCUT2D eigenvalue weighted by molar-refractivity contribution is 5.89. The molecule has 0 unspecified atom stereocenters. The van der Waals surface area contributed by atoms with Crippen LogP contribution in [0.25, 0.3) is 11.7 Å². The van der Waals surface area contributed by atoms with Crippen LogP contribution in [0.2, 0.25) is 0 Å². The molecular formula is C27H30FN7O3. The van der Waals surface area contributed by atoms with Gasteiger partial charge in [-0.05, 0) is 36.6 Å². The number of benzene rings is 1. The maximum atomic E-state index is 15.0. The molecule has 3 aromatic rings. The van der Waals surface area contributed by atoms with Gasteiger partial charge in [-0.2, -0.15) is 9.61 Å². The molecule has 1 saturated carbocycles. The van der Waals surface area contributed by atoms with Crippen LogP contribution in [0.1, 0.15) is 24.8 Å². The lowest BCUT2D eigenvalue weighted by Crippen LogP contribution is -2.38. The number of allylic oxidation sites excluding steroid dienone is 1. The summed E-state index contributed by atoms with van der Waals surface area (Å²) >= 11 is 0. The molecule has 3 fully saturated rings. The number of anilines is 3. The average Bonchev–Trinajstić information content (AvgIpc) is 3.54. The van der Waals surface area contributed by atoms with Crippen LogP contribution in [0.3, 0.4) is 0 Å². The first-order chi connectivity index (χ1) is 18.5. The first kappa shape index (κ1) is 24.4. The van der Waals surface area contributed by atoms with Gasteiger partial charge in [0.15, 0.2) is 5.65 Å². The Morgan fingerprint density at radius 3 is 2.84 bits per heavy atom. The van der Waals surface area contributed by atoms with Crippen molar-refractivity contribution in [3.63, 3.8) is 0 Å². The maximum Gasteiger partial charge on any atom is 0.228 e. The van der Waals surface area contributed by atoms with Gasteiger partial charge in [0.2, 0.25) is 5.91 Å². The van der Waals surface area contributed by atoms with Crippen molar-refractivity contribution in [1.29, 1.82) is 0 Å². The second-order valence-corrected chi connectivity index (χ2v) is 9.72. The van der Waals surface area contributed by atoms with E-state index in [9.17, 15) is 4.79 Å². The molecule has 0 spiro atoms. The molecule has 10 nitrogen and oxygen atoms in total. The second-order valence-electron chi connectivity index (χ2n) is 9.72. The summed E-state index contributed by atoms with van der Waals surface area (Å²) in [6.45, 7) is 8.40. The molecule has 2 aliphatic heterocycles. The summed E-state index contributed by atoms with van der Waals surface area (Å²) in [5.74, 6) is 1.18. The number of aromatic nitrogens is 3. The Labute approximate surface area is 219 Å². The highest BCUT2D eigenvalue weighted by Crippen LogP contribution is 2.30. The van der Waals surface area contributed by atoms with E-state index >= 15 is 4.39 Å². The molecule has 0 radical (unpaired) electrons. The Kier molecular flexibility index (Phi) is 6.69. The summed E-state index contributed by atoms with van der Waals surface area (Å²) in [5, 5.41) is 13.8. The van der Waals surface area contributed by atoms with Crippen LogP contribution in [0.4, 0.5) is 21.7 Å². The fourth-order valence-corrected chi connectivity index (χ4v) is 4.53. The molecule has 0 bridgehead atoms. The Hall–Kier alpha value is -3.96. The van der Waals surface area contributed by atoms with Crippen molar-refractivity contribution in [2.75, 3.05) is 50.1 Å². The van der Waals surface area contributed by atoms with E-state index in [1.165, 1.54) is 6.07 Å². The third-order valence-electron chi connectivity index (χ3n) is 6.77. The van der Waals surface area contributed by atoms with Gasteiger partial charge in [-0.3, -0.25) is 9.69 Å². The Balaban J connectivity index is 1.21. The standard InChI is InChI=1S/C27H30FN7O3/c1-17-18(13-26(36)30-17)12-19-16-29-35-25(31-20-2-3-20)15-24(33-27(19)35)32-23-5-4-21(14-22(23)28)38-11-8-34-6-9-37-10-7-34/h4-5,12,14-16,20,31H,1-3,6-11,13H2,(H,30,36)(H,32,33)/b18-12+. The normalized spacial score (nSPS) is 19.2. The van der Waals surface area contributed by atoms with Gasteiger partial charge in [0.25, 0.3) is 0 Å². The summed E-state index contributed by atoms with van der Waals surface area (Å²) in [5.41, 5.74) is 2.98. The van der Waals surface area contributed by atoms with Crippen molar-refractivity contribution in [2.24, 2.45) is 0 Å². The molecule has 0 atom stereocenters. The van der Waals surface area contributed by atoms with Crippen molar-refractivity contribution < 1.29 is 18.7 Å². The predicted octanol–water partition coefficient (Wildman–Crippen LogP) is 3.31. The number of ether oxygens (including phenoxy) is 2. The van der Waals surface area contributed by atoms with E-state index in [0.717, 1.165) is 62.6 Å². The van der Waals surface area contributed by atoms with Gasteiger partial charge in [0.05, 0.1) is 31.5 Å². The topological polar surface area (TPSA) is 105 Å². The monoisotopic (exact) mass is 519 g/mol. The number of halogens is 1. The summed E-state index contributed by atoms with van der Waals surface area (Å²) in [6, 6.07) is 6.98. The van der Waals surface area contributed by atoms with Crippen molar-refractivity contribution >= 4 is 35.0 Å². The van der Waals surface area contributed by atoms with Crippen LogP contribution in [0.5, 0.6) is 5.75 Å². The molecule has 1 aliphatic carbocycles. The van der Waals surface area contributed by atoms with Gasteiger partial charge < -0.3 is 25.4 Å². The fraction of sp³-hybridized carbons (Fsp3) is 0.370. The molecule has 3 aliphatic rings. The second kappa shape index (κ2) is 10.4. The third-order valence-corrected chi connectivity index (χ3v) is 6.77. The molecule has 1 amide bonds. The van der Waals surface area contributed by atoms with Crippen molar-refractivity contribution in [2.45, 2.75) is 25.3 Å². The lowest BCUT2D eigenvalue weighted by atomic mass is 10.1. The van der Waals surface area contributed by atoms with Crippen molar-refractivity contribution in [3.05, 3.63) is 59.7 Å². The first-order valence-corrected chi connectivity index (χ1v) is 12.9. The van der Waals surface area contributed by atoms with Crippen LogP contribution >= 0.6 is 0 Å². The Bertz CT molecular complexity index is 1410. The van der Waals surface area contributed by atoms with Crippen LogP contribution in [0, 0.1) is 5.82 Å². The first-order valence-electron chi connectivity index (χ1n) is 12.9. The number of carbonyl (C=O) groups is 1. The number of amides is 1. The summed E-state index contributed by atoms with van der Waals surface area (Å²) in [7, 11) is 0. The van der Waals surface area contributed by atoms with Crippen LogP contribution in [-0.2, 0) is 9.53 Å². The number of hydrogen-bond donors (Lipinski definition) is 3. The van der Waals surface area contributed by atoms with E-state index in [4.69, 9.17) is 14.5 Å². The summed E-state index contributed by atoms with van der Waals surface area (Å²) in [4.78, 5) is 18.8.